The molecule has 1 heterocycles. The highest BCUT2D eigenvalue weighted by molar-refractivity contribution is 6.24. The van der Waals surface area contributed by atoms with Crippen LogP contribution in [-0.4, -0.2) is 9.55 Å². The number of nitrogens with zero attached hydrogens (tertiary/aromatic N) is 2. The SMILES string of the molecule is CC1(C)c2ccccc2-c2ccc(-c3cc4ccc5cc(-c6ccc(-c7nc8ccccc8n7-c7ccccc7)cc6)cc6ccc(c3)c4c56)cc21. The Morgan fingerprint density at radius 1 is 0.423 bits per heavy atom. The maximum Gasteiger partial charge on any atom is 0.145 e. The third-order valence-electron chi connectivity index (χ3n) is 11.5. The van der Waals surface area contributed by atoms with Gasteiger partial charge in [0.15, 0.2) is 0 Å². The summed E-state index contributed by atoms with van der Waals surface area (Å²) in [7, 11) is 0. The van der Waals surface area contributed by atoms with Gasteiger partial charge >= 0.3 is 0 Å². The van der Waals surface area contributed by atoms with E-state index in [0.717, 1.165) is 28.1 Å². The van der Waals surface area contributed by atoms with Crippen molar-refractivity contribution in [3.05, 3.63) is 181 Å². The molecule has 0 saturated carbocycles. The first-order valence-corrected chi connectivity index (χ1v) is 18.1. The smallest absolute Gasteiger partial charge is 0.145 e. The highest BCUT2D eigenvalue weighted by Gasteiger charge is 2.35. The summed E-state index contributed by atoms with van der Waals surface area (Å²) in [5, 5.41) is 7.79. The summed E-state index contributed by atoms with van der Waals surface area (Å²) in [6.07, 6.45) is 0. The van der Waals surface area contributed by atoms with E-state index in [-0.39, 0.29) is 5.41 Å². The van der Waals surface area contributed by atoms with Gasteiger partial charge in [-0.25, -0.2) is 4.98 Å². The van der Waals surface area contributed by atoms with E-state index in [1.54, 1.807) is 0 Å². The van der Waals surface area contributed by atoms with Gasteiger partial charge in [-0.1, -0.05) is 129 Å². The molecule has 0 atom stereocenters. The van der Waals surface area contributed by atoms with Gasteiger partial charge in [-0.15, -0.1) is 0 Å². The van der Waals surface area contributed by atoms with Crippen molar-refractivity contribution in [1.82, 2.24) is 9.55 Å². The van der Waals surface area contributed by atoms with Crippen LogP contribution in [0.15, 0.2) is 170 Å². The molecule has 0 unspecified atom stereocenters. The molecule has 1 aromatic heterocycles. The first-order chi connectivity index (χ1) is 25.5. The second-order valence-corrected chi connectivity index (χ2v) is 14.8. The van der Waals surface area contributed by atoms with Crippen molar-refractivity contribution < 1.29 is 0 Å². The number of para-hydroxylation sites is 3. The quantitative estimate of drug-likeness (QED) is 0.172. The predicted octanol–water partition coefficient (Wildman–Crippen LogP) is 13.2. The van der Waals surface area contributed by atoms with Crippen LogP contribution in [0.3, 0.4) is 0 Å². The van der Waals surface area contributed by atoms with E-state index in [4.69, 9.17) is 4.98 Å². The van der Waals surface area contributed by atoms with Gasteiger partial charge < -0.3 is 0 Å². The van der Waals surface area contributed by atoms with Crippen LogP contribution in [0.4, 0.5) is 0 Å². The fourth-order valence-corrected chi connectivity index (χ4v) is 8.92. The number of fused-ring (bicyclic) bond motifs is 4. The fourth-order valence-electron chi connectivity index (χ4n) is 8.92. The van der Waals surface area contributed by atoms with Crippen LogP contribution >= 0.6 is 0 Å². The molecule has 2 heteroatoms. The molecule has 0 N–H and O–H groups in total. The Morgan fingerprint density at radius 2 is 0.962 bits per heavy atom. The van der Waals surface area contributed by atoms with E-state index in [1.165, 1.54) is 76.8 Å². The molecule has 1 aliphatic carbocycles. The monoisotopic (exact) mass is 662 g/mol. The largest absolute Gasteiger partial charge is 0.292 e. The van der Waals surface area contributed by atoms with Gasteiger partial charge in [0, 0.05) is 16.7 Å². The lowest BCUT2D eigenvalue weighted by Crippen LogP contribution is -2.14. The molecule has 52 heavy (non-hydrogen) atoms. The summed E-state index contributed by atoms with van der Waals surface area (Å²) in [6.45, 7) is 4.71. The Hall–Kier alpha value is -6.51. The molecule has 1 aliphatic rings. The lowest BCUT2D eigenvalue weighted by atomic mass is 9.81. The zero-order valence-corrected chi connectivity index (χ0v) is 29.1. The Balaban J connectivity index is 0.976. The van der Waals surface area contributed by atoms with Crippen molar-refractivity contribution in [3.63, 3.8) is 0 Å². The van der Waals surface area contributed by atoms with Crippen molar-refractivity contribution in [2.45, 2.75) is 19.3 Å². The standard InChI is InChI=1S/C50H34N2/c1-50(2)43-13-7-6-12-41(43)42-25-24-33(30-44(42)50)39-28-36-22-20-34-26-38(27-35-21-23-37(29-39)48(36)47(34)35)31-16-18-32(19-17-31)49-51-45-14-8-9-15-46(45)52(49)40-10-4-3-5-11-40/h3-30H,1-2H3. The number of rotatable bonds is 4. The van der Waals surface area contributed by atoms with Gasteiger partial charge in [0.2, 0.25) is 0 Å². The minimum Gasteiger partial charge on any atom is -0.292 e. The van der Waals surface area contributed by atoms with E-state index in [9.17, 15) is 0 Å². The molecule has 0 aliphatic heterocycles. The maximum absolute atomic E-state index is 5.07. The number of hydrogen-bond donors (Lipinski definition) is 0. The minimum atomic E-state index is -0.0187. The van der Waals surface area contributed by atoms with E-state index in [1.807, 2.05) is 0 Å². The van der Waals surface area contributed by atoms with Crippen LogP contribution in [0.25, 0.3) is 93.8 Å². The average Bonchev–Trinajstić information content (AvgIpc) is 3.69. The van der Waals surface area contributed by atoms with Gasteiger partial charge in [-0.05, 0) is 131 Å². The van der Waals surface area contributed by atoms with Crippen molar-refractivity contribution >= 4 is 43.4 Å². The fraction of sp³-hybridized carbons (Fsp3) is 0.0600. The van der Waals surface area contributed by atoms with Gasteiger partial charge in [0.1, 0.15) is 5.82 Å². The van der Waals surface area contributed by atoms with Gasteiger partial charge in [-0.2, -0.15) is 0 Å². The summed E-state index contributed by atoms with van der Waals surface area (Å²) in [6, 6.07) is 62.4. The molecular formula is C50H34N2. The van der Waals surface area contributed by atoms with Crippen LogP contribution in [0.5, 0.6) is 0 Å². The third kappa shape index (κ3) is 4.21. The molecule has 244 valence electrons. The zero-order chi connectivity index (χ0) is 34.6. The molecular weight excluding hydrogens is 629 g/mol. The topological polar surface area (TPSA) is 17.8 Å². The highest BCUT2D eigenvalue weighted by atomic mass is 15.1. The van der Waals surface area contributed by atoms with Crippen molar-refractivity contribution in [1.29, 1.82) is 0 Å². The predicted molar refractivity (Wildman–Crippen MR) is 219 cm³/mol. The summed E-state index contributed by atoms with van der Waals surface area (Å²) in [5.74, 6) is 0.947. The normalized spacial score (nSPS) is 13.3. The Labute approximate surface area is 302 Å². The number of benzene rings is 9. The molecule has 0 radical (unpaired) electrons. The van der Waals surface area contributed by atoms with E-state index < -0.39 is 0 Å². The molecule has 0 bridgehead atoms. The lowest BCUT2D eigenvalue weighted by molar-refractivity contribution is 0.660. The van der Waals surface area contributed by atoms with E-state index in [2.05, 4.69) is 188 Å². The summed E-state index contributed by atoms with van der Waals surface area (Å²) >= 11 is 0. The molecule has 0 spiro atoms. The summed E-state index contributed by atoms with van der Waals surface area (Å²) < 4.78 is 2.26. The zero-order valence-electron chi connectivity index (χ0n) is 29.1. The number of aromatic nitrogens is 2. The minimum absolute atomic E-state index is 0.0187. The molecule has 2 nitrogen and oxygen atoms in total. The average molecular weight is 663 g/mol. The first-order valence-electron chi connectivity index (χ1n) is 18.1. The van der Waals surface area contributed by atoms with Crippen molar-refractivity contribution in [2.24, 2.45) is 0 Å². The van der Waals surface area contributed by atoms with Crippen molar-refractivity contribution in [3.8, 4) is 50.5 Å². The maximum atomic E-state index is 5.07. The first kappa shape index (κ1) is 29.2. The van der Waals surface area contributed by atoms with Crippen LogP contribution < -0.4 is 0 Å². The Kier molecular flexibility index (Phi) is 6.04. The second kappa shape index (κ2) is 10.7. The van der Waals surface area contributed by atoms with Crippen molar-refractivity contribution in [2.75, 3.05) is 0 Å². The summed E-state index contributed by atoms with van der Waals surface area (Å²) in [5.41, 5.74) is 14.8. The Morgan fingerprint density at radius 3 is 1.65 bits per heavy atom. The van der Waals surface area contributed by atoms with Gasteiger partial charge in [0.25, 0.3) is 0 Å². The molecule has 10 aromatic rings. The summed E-state index contributed by atoms with van der Waals surface area (Å²) in [4.78, 5) is 5.07. The Bertz CT molecular complexity index is 2950. The second-order valence-electron chi connectivity index (χ2n) is 14.8. The highest BCUT2D eigenvalue weighted by Crippen LogP contribution is 2.50. The van der Waals surface area contributed by atoms with E-state index in [0.29, 0.717) is 0 Å². The number of imidazole rings is 1. The van der Waals surface area contributed by atoms with E-state index >= 15 is 0 Å². The molecule has 9 aromatic carbocycles. The number of hydrogen-bond acceptors (Lipinski definition) is 1. The van der Waals surface area contributed by atoms with Crippen LogP contribution in [0, 0.1) is 0 Å². The lowest BCUT2D eigenvalue weighted by Gasteiger charge is -2.22. The van der Waals surface area contributed by atoms with Crippen LogP contribution in [0.1, 0.15) is 25.0 Å². The van der Waals surface area contributed by atoms with Gasteiger partial charge in [-0.3, -0.25) is 4.57 Å². The third-order valence-corrected chi connectivity index (χ3v) is 11.5. The van der Waals surface area contributed by atoms with Crippen LogP contribution in [-0.2, 0) is 5.41 Å². The molecule has 0 fully saturated rings. The van der Waals surface area contributed by atoms with Crippen LogP contribution in [0.2, 0.25) is 0 Å². The molecule has 0 amide bonds. The molecule has 11 rings (SSSR count). The van der Waals surface area contributed by atoms with Gasteiger partial charge in [0.05, 0.1) is 11.0 Å². The molecule has 0 saturated heterocycles.